The summed E-state index contributed by atoms with van der Waals surface area (Å²) in [6.45, 7) is 2.05. The number of fused-ring (bicyclic) bond motifs is 1. The van der Waals surface area contributed by atoms with Crippen molar-refractivity contribution >= 4 is 5.65 Å². The molecular formula is C17H18N4. The highest BCUT2D eigenvalue weighted by Crippen LogP contribution is 2.39. The van der Waals surface area contributed by atoms with E-state index < -0.39 is 0 Å². The van der Waals surface area contributed by atoms with Crippen molar-refractivity contribution in [1.29, 1.82) is 0 Å². The van der Waals surface area contributed by atoms with Gasteiger partial charge in [0.2, 0.25) is 0 Å². The van der Waals surface area contributed by atoms with Gasteiger partial charge in [-0.2, -0.15) is 5.10 Å². The molecule has 1 saturated heterocycles. The smallest absolute Gasteiger partial charge is 0.153 e. The van der Waals surface area contributed by atoms with E-state index in [2.05, 4.69) is 46.9 Å². The molecule has 1 fully saturated rings. The molecular weight excluding hydrogens is 260 g/mol. The first-order valence-corrected chi connectivity index (χ1v) is 7.46. The molecule has 4 nitrogen and oxygen atoms in total. The molecule has 21 heavy (non-hydrogen) atoms. The van der Waals surface area contributed by atoms with Gasteiger partial charge in [-0.15, -0.1) is 0 Å². The summed E-state index contributed by atoms with van der Waals surface area (Å²) in [4.78, 5) is 4.86. The van der Waals surface area contributed by atoms with E-state index in [1.807, 2.05) is 16.6 Å². The Morgan fingerprint density at radius 2 is 1.81 bits per heavy atom. The molecule has 4 rings (SSSR count). The van der Waals surface area contributed by atoms with E-state index in [4.69, 9.17) is 4.98 Å². The van der Waals surface area contributed by atoms with Crippen LogP contribution in [0.25, 0.3) is 5.65 Å². The number of imidazole rings is 1. The number of hydrogen-bond donors (Lipinski definition) is 1. The van der Waals surface area contributed by atoms with Gasteiger partial charge in [0, 0.05) is 11.6 Å². The second-order valence-corrected chi connectivity index (χ2v) is 5.65. The lowest BCUT2D eigenvalue weighted by atomic mass is 9.71. The van der Waals surface area contributed by atoms with Crippen molar-refractivity contribution in [3.05, 3.63) is 66.1 Å². The first-order valence-electron chi connectivity index (χ1n) is 7.46. The van der Waals surface area contributed by atoms with E-state index in [-0.39, 0.29) is 5.41 Å². The van der Waals surface area contributed by atoms with Crippen LogP contribution in [0.1, 0.15) is 24.1 Å². The van der Waals surface area contributed by atoms with Crippen LogP contribution in [0.2, 0.25) is 0 Å². The van der Waals surface area contributed by atoms with Gasteiger partial charge in [0.25, 0.3) is 0 Å². The number of rotatable bonds is 2. The van der Waals surface area contributed by atoms with E-state index in [1.165, 1.54) is 5.56 Å². The zero-order valence-electron chi connectivity index (χ0n) is 11.9. The molecule has 1 N–H and O–H groups in total. The van der Waals surface area contributed by atoms with Crippen LogP contribution in [0, 0.1) is 0 Å². The van der Waals surface area contributed by atoms with Crippen molar-refractivity contribution in [1.82, 2.24) is 19.9 Å². The lowest BCUT2D eigenvalue weighted by Crippen LogP contribution is -2.41. The number of nitrogens with one attached hydrogen (secondary N) is 1. The van der Waals surface area contributed by atoms with Crippen LogP contribution in [-0.2, 0) is 5.41 Å². The van der Waals surface area contributed by atoms with Gasteiger partial charge in [0.1, 0.15) is 0 Å². The Hall–Kier alpha value is -2.20. The minimum Gasteiger partial charge on any atom is -0.317 e. The number of aromatic nitrogens is 3. The summed E-state index contributed by atoms with van der Waals surface area (Å²) < 4.78 is 1.88. The molecule has 0 amide bonds. The largest absolute Gasteiger partial charge is 0.317 e. The Morgan fingerprint density at radius 1 is 1.00 bits per heavy atom. The third-order valence-corrected chi connectivity index (χ3v) is 4.51. The molecule has 1 aromatic carbocycles. The van der Waals surface area contributed by atoms with Crippen molar-refractivity contribution in [3.8, 4) is 0 Å². The van der Waals surface area contributed by atoms with Crippen molar-refractivity contribution in [3.63, 3.8) is 0 Å². The van der Waals surface area contributed by atoms with Crippen molar-refractivity contribution in [2.75, 3.05) is 13.1 Å². The highest BCUT2D eigenvalue weighted by Gasteiger charge is 2.37. The summed E-state index contributed by atoms with van der Waals surface area (Å²) in [6, 6.07) is 14.7. The molecule has 0 saturated carbocycles. The summed E-state index contributed by atoms with van der Waals surface area (Å²) in [5.74, 6) is 0. The molecule has 0 spiro atoms. The highest BCUT2D eigenvalue weighted by atomic mass is 15.2. The number of hydrogen-bond acceptors (Lipinski definition) is 3. The molecule has 3 heterocycles. The summed E-state index contributed by atoms with van der Waals surface area (Å²) in [5, 5.41) is 7.82. The first-order chi connectivity index (χ1) is 10.4. The third-order valence-electron chi connectivity index (χ3n) is 4.51. The Balaban J connectivity index is 1.89. The summed E-state index contributed by atoms with van der Waals surface area (Å²) in [6.07, 6.45) is 6.03. The van der Waals surface area contributed by atoms with Crippen LogP contribution in [0.15, 0.2) is 54.9 Å². The fourth-order valence-electron chi connectivity index (χ4n) is 3.37. The monoisotopic (exact) mass is 278 g/mol. The molecule has 2 aromatic heterocycles. The summed E-state index contributed by atoms with van der Waals surface area (Å²) in [5.41, 5.74) is 3.41. The molecule has 0 atom stereocenters. The maximum Gasteiger partial charge on any atom is 0.153 e. The zero-order valence-corrected chi connectivity index (χ0v) is 11.9. The van der Waals surface area contributed by atoms with Gasteiger partial charge in [-0.05, 0) is 43.6 Å². The van der Waals surface area contributed by atoms with Crippen molar-refractivity contribution in [2.45, 2.75) is 18.3 Å². The van der Waals surface area contributed by atoms with Gasteiger partial charge in [-0.25, -0.2) is 9.50 Å². The number of piperidine rings is 1. The standard InChI is InChI=1S/C17H18N4/c1-2-5-14(6-3-1)17(8-11-18-12-9-17)15-13-21-16(20-15)7-4-10-19-21/h1-7,10,13,18H,8-9,11-12H2. The normalized spacial score (nSPS) is 17.9. The minimum absolute atomic E-state index is 0.000208. The van der Waals surface area contributed by atoms with Gasteiger partial charge in [-0.3, -0.25) is 0 Å². The fraction of sp³-hybridized carbons (Fsp3) is 0.294. The Bertz CT molecular complexity index is 709. The molecule has 1 aliphatic heterocycles. The van der Waals surface area contributed by atoms with Gasteiger partial charge < -0.3 is 5.32 Å². The fourth-order valence-corrected chi connectivity index (χ4v) is 3.37. The predicted octanol–water partition coefficient (Wildman–Crippen LogP) is 2.40. The topological polar surface area (TPSA) is 42.2 Å². The van der Waals surface area contributed by atoms with Gasteiger partial charge >= 0.3 is 0 Å². The van der Waals surface area contributed by atoms with Crippen LogP contribution in [0.3, 0.4) is 0 Å². The highest BCUT2D eigenvalue weighted by molar-refractivity contribution is 5.44. The van der Waals surface area contributed by atoms with Crippen LogP contribution in [0.4, 0.5) is 0 Å². The summed E-state index contributed by atoms with van der Waals surface area (Å²) >= 11 is 0. The maximum absolute atomic E-state index is 4.86. The maximum atomic E-state index is 4.86. The van der Waals surface area contributed by atoms with Crippen LogP contribution >= 0.6 is 0 Å². The van der Waals surface area contributed by atoms with E-state index >= 15 is 0 Å². The van der Waals surface area contributed by atoms with Crippen molar-refractivity contribution in [2.24, 2.45) is 0 Å². The van der Waals surface area contributed by atoms with Crippen LogP contribution < -0.4 is 5.32 Å². The Kier molecular flexibility index (Phi) is 2.97. The van der Waals surface area contributed by atoms with Crippen molar-refractivity contribution < 1.29 is 0 Å². The Morgan fingerprint density at radius 3 is 2.57 bits per heavy atom. The average molecular weight is 278 g/mol. The first kappa shape index (κ1) is 12.5. The van der Waals surface area contributed by atoms with E-state index in [0.717, 1.165) is 37.3 Å². The third kappa shape index (κ3) is 2.03. The molecule has 0 bridgehead atoms. The second kappa shape index (κ2) is 4.97. The molecule has 0 unspecified atom stereocenters. The lowest BCUT2D eigenvalue weighted by molar-refractivity contribution is 0.355. The Labute approximate surface area is 123 Å². The molecule has 0 radical (unpaired) electrons. The van der Waals surface area contributed by atoms with Gasteiger partial charge in [0.05, 0.1) is 11.9 Å². The molecule has 106 valence electrons. The number of benzene rings is 1. The predicted molar refractivity (Wildman–Crippen MR) is 82.3 cm³/mol. The van der Waals surface area contributed by atoms with Gasteiger partial charge in [-0.1, -0.05) is 30.3 Å². The molecule has 3 aromatic rings. The zero-order chi connectivity index (χ0) is 14.1. The SMILES string of the molecule is c1ccc(C2(c3cn4ncccc4n3)CCNCC2)cc1. The van der Waals surface area contributed by atoms with Crippen LogP contribution in [-0.4, -0.2) is 27.7 Å². The second-order valence-electron chi connectivity index (χ2n) is 5.65. The minimum atomic E-state index is 0.000208. The average Bonchev–Trinajstić information content (AvgIpc) is 3.01. The molecule has 1 aliphatic rings. The lowest BCUT2D eigenvalue weighted by Gasteiger charge is -2.36. The van der Waals surface area contributed by atoms with Crippen LogP contribution in [0.5, 0.6) is 0 Å². The number of nitrogens with zero attached hydrogens (tertiary/aromatic N) is 3. The van der Waals surface area contributed by atoms with E-state index in [9.17, 15) is 0 Å². The van der Waals surface area contributed by atoms with E-state index in [1.54, 1.807) is 6.20 Å². The van der Waals surface area contributed by atoms with E-state index in [0.29, 0.717) is 0 Å². The molecule has 0 aliphatic carbocycles. The molecule has 4 heteroatoms. The quantitative estimate of drug-likeness (QED) is 0.782. The summed E-state index contributed by atoms with van der Waals surface area (Å²) in [7, 11) is 0. The van der Waals surface area contributed by atoms with Gasteiger partial charge in [0.15, 0.2) is 5.65 Å².